The third-order valence-corrected chi connectivity index (χ3v) is 2.96. The Morgan fingerprint density at radius 2 is 1.94 bits per heavy atom. The first-order chi connectivity index (χ1) is 7.81. The molecule has 2 rings (SSSR count). The molecule has 1 aromatic rings. The van der Waals surface area contributed by atoms with Crippen LogP contribution in [0.3, 0.4) is 0 Å². The average molecular weight is 221 g/mol. The van der Waals surface area contributed by atoms with E-state index in [1.807, 2.05) is 31.2 Å². The molecule has 0 heterocycles. The standard InChI is InChI=1S/C13H19NO2/c1-3-16-13-8-11(9-13)14-10-4-6-12(15-2)7-5-10/h4-7,11,13-14H,3,8-9H2,1-2H3. The maximum Gasteiger partial charge on any atom is 0.119 e. The Hall–Kier alpha value is -1.22. The largest absolute Gasteiger partial charge is 0.497 e. The molecule has 0 unspecified atom stereocenters. The second-order valence-electron chi connectivity index (χ2n) is 4.12. The molecule has 1 aliphatic carbocycles. The third-order valence-electron chi connectivity index (χ3n) is 2.96. The van der Waals surface area contributed by atoms with Crippen molar-refractivity contribution in [2.45, 2.75) is 31.9 Å². The molecule has 1 aromatic carbocycles. The van der Waals surface area contributed by atoms with Crippen LogP contribution in [0.5, 0.6) is 5.75 Å². The van der Waals surface area contributed by atoms with Crippen molar-refractivity contribution in [1.29, 1.82) is 0 Å². The molecule has 0 aliphatic heterocycles. The first kappa shape index (κ1) is 11.3. The molecule has 0 aromatic heterocycles. The van der Waals surface area contributed by atoms with Crippen LogP contribution in [0.2, 0.25) is 0 Å². The highest BCUT2D eigenvalue weighted by molar-refractivity contribution is 5.47. The van der Waals surface area contributed by atoms with Crippen LogP contribution >= 0.6 is 0 Å². The van der Waals surface area contributed by atoms with Gasteiger partial charge >= 0.3 is 0 Å². The van der Waals surface area contributed by atoms with Gasteiger partial charge in [0.05, 0.1) is 13.2 Å². The van der Waals surface area contributed by atoms with Crippen molar-refractivity contribution in [1.82, 2.24) is 0 Å². The quantitative estimate of drug-likeness (QED) is 0.829. The van der Waals surface area contributed by atoms with E-state index >= 15 is 0 Å². The van der Waals surface area contributed by atoms with Crippen LogP contribution in [0.15, 0.2) is 24.3 Å². The van der Waals surface area contributed by atoms with Crippen molar-refractivity contribution < 1.29 is 9.47 Å². The summed E-state index contributed by atoms with van der Waals surface area (Å²) in [5.74, 6) is 0.895. The van der Waals surface area contributed by atoms with Gasteiger partial charge in [0, 0.05) is 18.3 Å². The van der Waals surface area contributed by atoms with E-state index in [4.69, 9.17) is 9.47 Å². The lowest BCUT2D eigenvalue weighted by Gasteiger charge is -2.36. The monoisotopic (exact) mass is 221 g/mol. The smallest absolute Gasteiger partial charge is 0.119 e. The van der Waals surface area contributed by atoms with Crippen LogP contribution in [-0.4, -0.2) is 25.9 Å². The van der Waals surface area contributed by atoms with E-state index in [2.05, 4.69) is 5.32 Å². The lowest BCUT2D eigenvalue weighted by Crippen LogP contribution is -2.40. The molecule has 0 saturated heterocycles. The number of ether oxygens (including phenoxy) is 2. The van der Waals surface area contributed by atoms with Gasteiger partial charge in [0.15, 0.2) is 0 Å². The van der Waals surface area contributed by atoms with E-state index in [-0.39, 0.29) is 0 Å². The van der Waals surface area contributed by atoms with Crippen molar-refractivity contribution in [2.24, 2.45) is 0 Å². The molecule has 0 amide bonds. The fourth-order valence-electron chi connectivity index (χ4n) is 1.98. The van der Waals surface area contributed by atoms with Gasteiger partial charge in [0.25, 0.3) is 0 Å². The van der Waals surface area contributed by atoms with Gasteiger partial charge in [0.2, 0.25) is 0 Å². The molecule has 0 radical (unpaired) electrons. The first-order valence-corrected chi connectivity index (χ1v) is 5.84. The lowest BCUT2D eigenvalue weighted by molar-refractivity contribution is 0.00299. The Balaban J connectivity index is 1.78. The first-order valence-electron chi connectivity index (χ1n) is 5.84. The van der Waals surface area contributed by atoms with Crippen molar-refractivity contribution in [3.05, 3.63) is 24.3 Å². The molecule has 3 heteroatoms. The van der Waals surface area contributed by atoms with E-state index in [0.29, 0.717) is 12.1 Å². The van der Waals surface area contributed by atoms with Gasteiger partial charge in [0.1, 0.15) is 5.75 Å². The molecule has 0 spiro atoms. The zero-order chi connectivity index (χ0) is 11.4. The molecule has 1 fully saturated rings. The number of methoxy groups -OCH3 is 1. The SMILES string of the molecule is CCOC1CC(Nc2ccc(OC)cc2)C1. The maximum atomic E-state index is 5.52. The molecule has 0 bridgehead atoms. The molecular weight excluding hydrogens is 202 g/mol. The van der Waals surface area contributed by atoms with E-state index in [1.54, 1.807) is 7.11 Å². The zero-order valence-corrected chi connectivity index (χ0v) is 9.90. The average Bonchev–Trinajstić information content (AvgIpc) is 2.27. The number of rotatable bonds is 5. The van der Waals surface area contributed by atoms with Crippen molar-refractivity contribution in [2.75, 3.05) is 19.0 Å². The van der Waals surface area contributed by atoms with Crippen molar-refractivity contribution in [3.63, 3.8) is 0 Å². The molecule has 1 N–H and O–H groups in total. The Morgan fingerprint density at radius 1 is 1.25 bits per heavy atom. The summed E-state index contributed by atoms with van der Waals surface area (Å²) in [6.45, 7) is 2.87. The van der Waals surface area contributed by atoms with Crippen molar-refractivity contribution in [3.8, 4) is 5.75 Å². The van der Waals surface area contributed by atoms with Gasteiger partial charge in [-0.3, -0.25) is 0 Å². The number of benzene rings is 1. The summed E-state index contributed by atoms with van der Waals surface area (Å²) in [5, 5.41) is 3.48. The van der Waals surface area contributed by atoms with Crippen LogP contribution in [0, 0.1) is 0 Å². The summed E-state index contributed by atoms with van der Waals surface area (Å²) in [6.07, 6.45) is 2.68. The molecule has 0 atom stereocenters. The summed E-state index contributed by atoms with van der Waals surface area (Å²) in [4.78, 5) is 0. The number of nitrogens with one attached hydrogen (secondary N) is 1. The summed E-state index contributed by atoms with van der Waals surface area (Å²) in [7, 11) is 1.68. The number of hydrogen-bond acceptors (Lipinski definition) is 3. The Kier molecular flexibility index (Phi) is 3.67. The molecule has 1 saturated carbocycles. The fraction of sp³-hybridized carbons (Fsp3) is 0.538. The molecule has 3 nitrogen and oxygen atoms in total. The summed E-state index contributed by atoms with van der Waals surface area (Å²) in [6, 6.07) is 8.60. The van der Waals surface area contributed by atoms with E-state index < -0.39 is 0 Å². The van der Waals surface area contributed by atoms with Crippen LogP contribution in [0.1, 0.15) is 19.8 Å². The second kappa shape index (κ2) is 5.21. The van der Waals surface area contributed by atoms with Crippen molar-refractivity contribution >= 4 is 5.69 Å². The number of hydrogen-bond donors (Lipinski definition) is 1. The van der Waals surface area contributed by atoms with Crippen LogP contribution in [-0.2, 0) is 4.74 Å². The van der Waals surface area contributed by atoms with Gasteiger partial charge in [-0.2, -0.15) is 0 Å². The van der Waals surface area contributed by atoms with Gasteiger partial charge < -0.3 is 14.8 Å². The van der Waals surface area contributed by atoms with Gasteiger partial charge in [-0.25, -0.2) is 0 Å². The second-order valence-corrected chi connectivity index (χ2v) is 4.12. The zero-order valence-electron chi connectivity index (χ0n) is 9.90. The van der Waals surface area contributed by atoms with Crippen LogP contribution < -0.4 is 10.1 Å². The maximum absolute atomic E-state index is 5.52. The normalized spacial score (nSPS) is 23.6. The Labute approximate surface area is 96.8 Å². The predicted molar refractivity (Wildman–Crippen MR) is 65.1 cm³/mol. The molecular formula is C13H19NO2. The minimum absolute atomic E-state index is 0.459. The van der Waals surface area contributed by atoms with Gasteiger partial charge in [-0.1, -0.05) is 0 Å². The van der Waals surface area contributed by atoms with E-state index in [0.717, 1.165) is 30.9 Å². The minimum atomic E-state index is 0.459. The van der Waals surface area contributed by atoms with Gasteiger partial charge in [-0.05, 0) is 44.0 Å². The van der Waals surface area contributed by atoms with Crippen LogP contribution in [0.25, 0.3) is 0 Å². The highest BCUT2D eigenvalue weighted by Gasteiger charge is 2.29. The van der Waals surface area contributed by atoms with Crippen LogP contribution in [0.4, 0.5) is 5.69 Å². The summed E-state index contributed by atoms with van der Waals surface area (Å²) >= 11 is 0. The number of anilines is 1. The predicted octanol–water partition coefficient (Wildman–Crippen LogP) is 2.67. The highest BCUT2D eigenvalue weighted by atomic mass is 16.5. The summed E-state index contributed by atoms with van der Waals surface area (Å²) in [5.41, 5.74) is 1.15. The van der Waals surface area contributed by atoms with Gasteiger partial charge in [-0.15, -0.1) is 0 Å². The topological polar surface area (TPSA) is 30.5 Å². The minimum Gasteiger partial charge on any atom is -0.497 e. The fourth-order valence-corrected chi connectivity index (χ4v) is 1.98. The Bertz CT molecular complexity index is 317. The Morgan fingerprint density at radius 3 is 2.50 bits per heavy atom. The molecule has 88 valence electrons. The summed E-state index contributed by atoms with van der Waals surface area (Å²) < 4.78 is 10.6. The lowest BCUT2D eigenvalue weighted by atomic mass is 9.89. The molecule has 16 heavy (non-hydrogen) atoms. The van der Waals surface area contributed by atoms with E-state index in [9.17, 15) is 0 Å². The molecule has 1 aliphatic rings. The van der Waals surface area contributed by atoms with E-state index in [1.165, 1.54) is 0 Å². The third kappa shape index (κ3) is 2.67. The highest BCUT2D eigenvalue weighted by Crippen LogP contribution is 2.27.